The maximum atomic E-state index is 12.4. The zero-order chi connectivity index (χ0) is 18.5. The Hall–Kier alpha value is -1.95. The van der Waals surface area contributed by atoms with E-state index in [4.69, 9.17) is 27.9 Å². The van der Waals surface area contributed by atoms with Gasteiger partial charge in [0.2, 0.25) is 0 Å². The lowest BCUT2D eigenvalue weighted by atomic mass is 10.2. The fraction of sp³-hybridized carbons (Fsp3) is 0.316. The van der Waals surface area contributed by atoms with E-state index >= 15 is 0 Å². The number of nitrogens with zero attached hydrogens (tertiary/aromatic N) is 2. The maximum Gasteiger partial charge on any atom is 0.321 e. The first-order chi connectivity index (χ1) is 12.5. The molecule has 2 amide bonds. The van der Waals surface area contributed by atoms with Crippen LogP contribution in [0.25, 0.3) is 0 Å². The van der Waals surface area contributed by atoms with Crippen molar-refractivity contribution in [2.24, 2.45) is 0 Å². The summed E-state index contributed by atoms with van der Waals surface area (Å²) in [5.41, 5.74) is 1.85. The maximum absolute atomic E-state index is 12.4. The fourth-order valence-electron chi connectivity index (χ4n) is 2.91. The van der Waals surface area contributed by atoms with Crippen LogP contribution in [0.3, 0.4) is 0 Å². The molecule has 0 radical (unpaired) electrons. The molecule has 1 saturated heterocycles. The number of hydrogen-bond donors (Lipinski definition) is 1. The second kappa shape index (κ2) is 8.62. The molecule has 138 valence electrons. The molecular weight excluding hydrogens is 373 g/mol. The molecule has 1 fully saturated rings. The Labute approximate surface area is 163 Å². The summed E-state index contributed by atoms with van der Waals surface area (Å²) in [6.45, 7) is 3.85. The quantitative estimate of drug-likeness (QED) is 0.839. The van der Waals surface area contributed by atoms with E-state index in [0.29, 0.717) is 28.8 Å². The number of piperazine rings is 1. The number of amides is 2. The van der Waals surface area contributed by atoms with Gasteiger partial charge >= 0.3 is 6.03 Å². The Morgan fingerprint density at radius 1 is 1.08 bits per heavy atom. The topological polar surface area (TPSA) is 44.8 Å². The van der Waals surface area contributed by atoms with Crippen molar-refractivity contribution in [3.63, 3.8) is 0 Å². The molecule has 0 unspecified atom stereocenters. The summed E-state index contributed by atoms with van der Waals surface area (Å²) < 4.78 is 5.27. The second-order valence-corrected chi connectivity index (χ2v) is 6.99. The number of carbonyl (C=O) groups excluding carboxylic acids is 1. The molecule has 3 rings (SSSR count). The highest BCUT2D eigenvalue weighted by Gasteiger charge is 2.21. The van der Waals surface area contributed by atoms with Crippen molar-refractivity contribution in [2.45, 2.75) is 6.54 Å². The Balaban J connectivity index is 1.51. The largest absolute Gasteiger partial charge is 0.497 e. The lowest BCUT2D eigenvalue weighted by molar-refractivity contribution is 0.143. The summed E-state index contributed by atoms with van der Waals surface area (Å²) >= 11 is 11.9. The number of ether oxygens (including phenoxy) is 1. The van der Waals surface area contributed by atoms with Crippen LogP contribution in [-0.2, 0) is 6.54 Å². The van der Waals surface area contributed by atoms with E-state index in [1.807, 2.05) is 23.1 Å². The molecule has 1 aliphatic rings. The smallest absolute Gasteiger partial charge is 0.321 e. The van der Waals surface area contributed by atoms with Gasteiger partial charge < -0.3 is 15.0 Å². The molecule has 26 heavy (non-hydrogen) atoms. The normalized spacial score (nSPS) is 15.0. The van der Waals surface area contributed by atoms with E-state index in [2.05, 4.69) is 16.3 Å². The predicted molar refractivity (Wildman–Crippen MR) is 105 cm³/mol. The first-order valence-electron chi connectivity index (χ1n) is 8.41. The monoisotopic (exact) mass is 393 g/mol. The van der Waals surface area contributed by atoms with Crippen molar-refractivity contribution in [3.05, 3.63) is 58.1 Å². The number of urea groups is 1. The molecule has 2 aromatic carbocycles. The minimum absolute atomic E-state index is 0.121. The Bertz CT molecular complexity index is 777. The third-order valence-corrected chi connectivity index (χ3v) is 5.11. The van der Waals surface area contributed by atoms with Crippen LogP contribution in [0.5, 0.6) is 5.75 Å². The van der Waals surface area contributed by atoms with E-state index in [9.17, 15) is 4.79 Å². The molecule has 1 N–H and O–H groups in total. The molecule has 0 bridgehead atoms. The molecular formula is C19H21Cl2N3O2. The number of methoxy groups -OCH3 is 1. The number of nitrogens with one attached hydrogen (secondary N) is 1. The highest BCUT2D eigenvalue weighted by Crippen LogP contribution is 2.25. The summed E-state index contributed by atoms with van der Waals surface area (Å²) in [6, 6.07) is 13.0. The standard InChI is InChI=1S/C19H21Cl2N3O2/c1-26-16-4-2-3-14(11-16)13-23-7-9-24(10-8-23)19(25)22-15-5-6-17(20)18(21)12-15/h2-6,11-12H,7-10,13H2,1H3,(H,22,25). The minimum Gasteiger partial charge on any atom is -0.497 e. The van der Waals surface area contributed by atoms with E-state index in [1.165, 1.54) is 5.56 Å². The molecule has 5 nitrogen and oxygen atoms in total. The van der Waals surface area contributed by atoms with Gasteiger partial charge in [-0.15, -0.1) is 0 Å². The van der Waals surface area contributed by atoms with Crippen LogP contribution in [0.1, 0.15) is 5.56 Å². The van der Waals surface area contributed by atoms with E-state index < -0.39 is 0 Å². The van der Waals surface area contributed by atoms with Gasteiger partial charge in [-0.1, -0.05) is 35.3 Å². The zero-order valence-corrected chi connectivity index (χ0v) is 16.1. The Morgan fingerprint density at radius 3 is 2.54 bits per heavy atom. The molecule has 2 aromatic rings. The lowest BCUT2D eigenvalue weighted by Crippen LogP contribution is -2.49. The summed E-state index contributed by atoms with van der Waals surface area (Å²) in [4.78, 5) is 16.6. The van der Waals surface area contributed by atoms with Crippen LogP contribution in [-0.4, -0.2) is 49.1 Å². The van der Waals surface area contributed by atoms with Crippen LogP contribution in [0, 0.1) is 0 Å². The predicted octanol–water partition coefficient (Wildman–Crippen LogP) is 4.35. The summed E-state index contributed by atoms with van der Waals surface area (Å²) in [5, 5.41) is 3.76. The van der Waals surface area contributed by atoms with Crippen molar-refractivity contribution in [1.82, 2.24) is 9.80 Å². The lowest BCUT2D eigenvalue weighted by Gasteiger charge is -2.34. The van der Waals surface area contributed by atoms with Crippen LogP contribution in [0.4, 0.5) is 10.5 Å². The van der Waals surface area contributed by atoms with Crippen molar-refractivity contribution in [2.75, 3.05) is 38.6 Å². The Kier molecular flexibility index (Phi) is 6.25. The SMILES string of the molecule is COc1cccc(CN2CCN(C(=O)Nc3ccc(Cl)c(Cl)c3)CC2)c1. The van der Waals surface area contributed by atoms with E-state index in [1.54, 1.807) is 25.3 Å². The van der Waals surface area contributed by atoms with Crippen molar-refractivity contribution in [1.29, 1.82) is 0 Å². The van der Waals surface area contributed by atoms with Gasteiger partial charge in [-0.05, 0) is 35.9 Å². The van der Waals surface area contributed by atoms with Crippen LogP contribution in [0.2, 0.25) is 10.0 Å². The van der Waals surface area contributed by atoms with Gasteiger partial charge in [-0.3, -0.25) is 4.90 Å². The highest BCUT2D eigenvalue weighted by molar-refractivity contribution is 6.42. The van der Waals surface area contributed by atoms with Crippen LogP contribution >= 0.6 is 23.2 Å². The molecule has 0 spiro atoms. The molecule has 1 aliphatic heterocycles. The van der Waals surface area contributed by atoms with Gasteiger partial charge in [-0.2, -0.15) is 0 Å². The summed E-state index contributed by atoms with van der Waals surface area (Å²) in [6.07, 6.45) is 0. The number of benzene rings is 2. The molecule has 7 heteroatoms. The van der Waals surface area contributed by atoms with Gasteiger partial charge in [0.25, 0.3) is 0 Å². The fourth-order valence-corrected chi connectivity index (χ4v) is 3.21. The van der Waals surface area contributed by atoms with Crippen LogP contribution < -0.4 is 10.1 Å². The third kappa shape index (κ3) is 4.81. The molecule has 0 saturated carbocycles. The van der Waals surface area contributed by atoms with Gasteiger partial charge in [0.15, 0.2) is 0 Å². The number of hydrogen-bond acceptors (Lipinski definition) is 3. The van der Waals surface area contributed by atoms with Crippen molar-refractivity contribution >= 4 is 34.9 Å². The minimum atomic E-state index is -0.121. The van der Waals surface area contributed by atoms with Gasteiger partial charge in [0.1, 0.15) is 5.75 Å². The van der Waals surface area contributed by atoms with Gasteiger partial charge in [0.05, 0.1) is 17.2 Å². The number of halogens is 2. The Morgan fingerprint density at radius 2 is 1.85 bits per heavy atom. The summed E-state index contributed by atoms with van der Waals surface area (Å²) in [5.74, 6) is 0.863. The first kappa shape index (κ1) is 18.8. The third-order valence-electron chi connectivity index (χ3n) is 4.37. The first-order valence-corrected chi connectivity index (χ1v) is 9.17. The molecule has 0 atom stereocenters. The molecule has 1 heterocycles. The molecule has 0 aliphatic carbocycles. The van der Waals surface area contributed by atoms with Crippen molar-refractivity contribution in [3.8, 4) is 5.75 Å². The average Bonchev–Trinajstić information content (AvgIpc) is 2.65. The summed E-state index contributed by atoms with van der Waals surface area (Å²) in [7, 11) is 1.67. The molecule has 0 aromatic heterocycles. The van der Waals surface area contributed by atoms with Gasteiger partial charge in [-0.25, -0.2) is 4.79 Å². The van der Waals surface area contributed by atoms with E-state index in [0.717, 1.165) is 25.4 Å². The zero-order valence-electron chi connectivity index (χ0n) is 14.5. The number of anilines is 1. The van der Waals surface area contributed by atoms with Crippen LogP contribution in [0.15, 0.2) is 42.5 Å². The number of rotatable bonds is 4. The number of carbonyl (C=O) groups is 1. The average molecular weight is 394 g/mol. The van der Waals surface area contributed by atoms with Crippen molar-refractivity contribution < 1.29 is 9.53 Å². The van der Waals surface area contributed by atoms with Gasteiger partial charge in [0, 0.05) is 38.4 Å². The van der Waals surface area contributed by atoms with E-state index in [-0.39, 0.29) is 6.03 Å². The second-order valence-electron chi connectivity index (χ2n) is 6.17. The highest BCUT2D eigenvalue weighted by atomic mass is 35.5.